The fourth-order valence-corrected chi connectivity index (χ4v) is 3.73. The van der Waals surface area contributed by atoms with E-state index in [1.54, 1.807) is 10.7 Å². The van der Waals surface area contributed by atoms with Gasteiger partial charge in [-0.15, -0.1) is 5.10 Å². The number of aromatic amines is 1. The van der Waals surface area contributed by atoms with E-state index in [9.17, 15) is 14.4 Å². The molecule has 1 saturated heterocycles. The fraction of sp³-hybridized carbons (Fsp3) is 0.450. The summed E-state index contributed by atoms with van der Waals surface area (Å²) in [6, 6.07) is 6.61. The summed E-state index contributed by atoms with van der Waals surface area (Å²) < 4.78 is 4.25. The van der Waals surface area contributed by atoms with Crippen molar-refractivity contribution in [3.05, 3.63) is 66.8 Å². The molecule has 11 heteroatoms. The molecule has 3 aromatic heterocycles. The maximum atomic E-state index is 12.3. The molecule has 0 aromatic carbocycles. The van der Waals surface area contributed by atoms with Crippen molar-refractivity contribution >= 4 is 5.82 Å². The van der Waals surface area contributed by atoms with Crippen LogP contribution in [0.4, 0.5) is 5.82 Å². The van der Waals surface area contributed by atoms with Gasteiger partial charge in [-0.25, -0.2) is 14.2 Å². The molecule has 1 fully saturated rings. The largest absolute Gasteiger partial charge is 0.355 e. The van der Waals surface area contributed by atoms with Crippen LogP contribution in [0.2, 0.25) is 0 Å². The molecule has 1 aliphatic rings. The summed E-state index contributed by atoms with van der Waals surface area (Å²) in [4.78, 5) is 43.0. The van der Waals surface area contributed by atoms with Gasteiger partial charge < -0.3 is 4.90 Å². The summed E-state index contributed by atoms with van der Waals surface area (Å²) in [5.74, 6) is 1.16. The minimum Gasteiger partial charge on any atom is -0.355 e. The molecule has 0 aliphatic carbocycles. The Morgan fingerprint density at radius 2 is 1.68 bits per heavy atom. The van der Waals surface area contributed by atoms with E-state index in [0.717, 1.165) is 29.0 Å². The molecule has 4 heterocycles. The Morgan fingerprint density at radius 1 is 0.935 bits per heavy atom. The maximum Gasteiger partial charge on any atom is 0.329 e. The van der Waals surface area contributed by atoms with Gasteiger partial charge in [0, 0.05) is 57.6 Å². The first-order chi connectivity index (χ1) is 14.8. The van der Waals surface area contributed by atoms with E-state index in [-0.39, 0.29) is 11.1 Å². The number of hydrogen-bond acceptors (Lipinski definition) is 7. The summed E-state index contributed by atoms with van der Waals surface area (Å²) >= 11 is 0. The zero-order valence-electron chi connectivity index (χ0n) is 17.9. The monoisotopic (exact) mass is 426 g/mol. The number of aromatic nitrogens is 6. The summed E-state index contributed by atoms with van der Waals surface area (Å²) in [5.41, 5.74) is 0.960. The Bertz CT molecular complexity index is 1230. The zero-order valence-corrected chi connectivity index (χ0v) is 17.9. The van der Waals surface area contributed by atoms with E-state index in [1.165, 1.54) is 23.9 Å². The average molecular weight is 426 g/mol. The van der Waals surface area contributed by atoms with Crippen molar-refractivity contribution in [3.63, 3.8) is 0 Å². The molecular weight excluding hydrogens is 400 g/mol. The van der Waals surface area contributed by atoms with Gasteiger partial charge in [0.25, 0.3) is 11.1 Å². The van der Waals surface area contributed by atoms with Crippen molar-refractivity contribution in [2.75, 3.05) is 37.6 Å². The van der Waals surface area contributed by atoms with E-state index >= 15 is 0 Å². The Morgan fingerprint density at radius 3 is 2.32 bits per heavy atom. The Labute approximate surface area is 178 Å². The lowest BCUT2D eigenvalue weighted by molar-refractivity contribution is 0.242. The highest BCUT2D eigenvalue weighted by Gasteiger charge is 2.19. The second kappa shape index (κ2) is 8.34. The lowest BCUT2D eigenvalue weighted by atomic mass is 10.3. The third-order valence-electron chi connectivity index (χ3n) is 5.55. The Hall–Kier alpha value is -3.47. The van der Waals surface area contributed by atoms with Crippen LogP contribution in [0.15, 0.2) is 38.6 Å². The molecule has 31 heavy (non-hydrogen) atoms. The molecular formula is C20H26N8O3. The Kier molecular flexibility index (Phi) is 5.59. The van der Waals surface area contributed by atoms with Crippen LogP contribution in [0.25, 0.3) is 5.82 Å². The predicted octanol–water partition coefficient (Wildman–Crippen LogP) is -0.745. The minimum absolute atomic E-state index is 0.151. The Balaban J connectivity index is 1.39. The second-order valence-corrected chi connectivity index (χ2v) is 7.78. The van der Waals surface area contributed by atoms with Crippen LogP contribution in [0, 0.1) is 13.8 Å². The highest BCUT2D eigenvalue weighted by Crippen LogP contribution is 2.11. The molecule has 0 unspecified atom stereocenters. The van der Waals surface area contributed by atoms with Gasteiger partial charge >= 0.3 is 5.69 Å². The molecule has 0 radical (unpaired) electrons. The SMILES string of the molecule is Cc1cc(C)n(-c2ccc(=O)n(CCN3CCN(c4cc(=O)n(C)c(=O)[nH]4)CC3)n2)n1. The highest BCUT2D eigenvalue weighted by atomic mass is 16.2. The van der Waals surface area contributed by atoms with Crippen molar-refractivity contribution in [1.29, 1.82) is 0 Å². The van der Waals surface area contributed by atoms with Gasteiger partial charge in [0.1, 0.15) is 5.82 Å². The van der Waals surface area contributed by atoms with Gasteiger partial charge in [-0.3, -0.25) is 24.0 Å². The van der Waals surface area contributed by atoms with Crippen LogP contribution in [0.1, 0.15) is 11.4 Å². The first-order valence-electron chi connectivity index (χ1n) is 10.2. The topological polar surface area (TPSA) is 114 Å². The molecule has 4 rings (SSSR count). The molecule has 11 nitrogen and oxygen atoms in total. The van der Waals surface area contributed by atoms with Crippen LogP contribution < -0.4 is 21.7 Å². The third kappa shape index (κ3) is 4.36. The fourth-order valence-electron chi connectivity index (χ4n) is 3.73. The smallest absolute Gasteiger partial charge is 0.329 e. The van der Waals surface area contributed by atoms with E-state index in [4.69, 9.17) is 0 Å². The zero-order chi connectivity index (χ0) is 22.1. The molecule has 0 saturated carbocycles. The lowest BCUT2D eigenvalue weighted by Gasteiger charge is -2.35. The first kappa shape index (κ1) is 20.8. The van der Waals surface area contributed by atoms with Crippen molar-refractivity contribution in [3.8, 4) is 5.82 Å². The van der Waals surface area contributed by atoms with Crippen LogP contribution in [-0.4, -0.2) is 66.7 Å². The number of piperazine rings is 1. The normalized spacial score (nSPS) is 14.9. The lowest BCUT2D eigenvalue weighted by Crippen LogP contribution is -2.49. The summed E-state index contributed by atoms with van der Waals surface area (Å²) in [5, 5.41) is 8.91. The van der Waals surface area contributed by atoms with E-state index < -0.39 is 5.69 Å². The molecule has 0 bridgehead atoms. The van der Waals surface area contributed by atoms with Crippen LogP contribution >= 0.6 is 0 Å². The average Bonchev–Trinajstić information content (AvgIpc) is 3.09. The molecule has 3 aromatic rings. The van der Waals surface area contributed by atoms with Gasteiger partial charge in [0.2, 0.25) is 0 Å². The summed E-state index contributed by atoms with van der Waals surface area (Å²) in [7, 11) is 1.45. The number of anilines is 1. The summed E-state index contributed by atoms with van der Waals surface area (Å²) in [6.45, 7) is 7.87. The van der Waals surface area contributed by atoms with Gasteiger partial charge in [-0.2, -0.15) is 5.10 Å². The molecule has 1 aliphatic heterocycles. The quantitative estimate of drug-likeness (QED) is 0.571. The van der Waals surface area contributed by atoms with Crippen molar-refractivity contribution in [2.24, 2.45) is 7.05 Å². The molecule has 0 amide bonds. The molecule has 0 spiro atoms. The highest BCUT2D eigenvalue weighted by molar-refractivity contribution is 5.37. The van der Waals surface area contributed by atoms with Gasteiger partial charge in [-0.1, -0.05) is 0 Å². The predicted molar refractivity (Wildman–Crippen MR) is 116 cm³/mol. The molecule has 1 N–H and O–H groups in total. The summed E-state index contributed by atoms with van der Waals surface area (Å²) in [6.07, 6.45) is 0. The van der Waals surface area contributed by atoms with Gasteiger partial charge in [0.05, 0.1) is 12.2 Å². The first-order valence-corrected chi connectivity index (χ1v) is 10.2. The van der Waals surface area contributed by atoms with Crippen LogP contribution in [0.3, 0.4) is 0 Å². The number of nitrogens with zero attached hydrogens (tertiary/aromatic N) is 7. The minimum atomic E-state index is -0.419. The van der Waals surface area contributed by atoms with E-state index in [2.05, 4.69) is 20.1 Å². The second-order valence-electron chi connectivity index (χ2n) is 7.78. The third-order valence-corrected chi connectivity index (χ3v) is 5.55. The molecule has 0 atom stereocenters. The van der Waals surface area contributed by atoms with Crippen molar-refractivity contribution < 1.29 is 0 Å². The van der Waals surface area contributed by atoms with Gasteiger partial charge in [0.15, 0.2) is 5.82 Å². The number of H-pyrrole nitrogens is 1. The number of hydrogen-bond donors (Lipinski definition) is 1. The number of nitrogens with one attached hydrogen (secondary N) is 1. The van der Waals surface area contributed by atoms with Crippen molar-refractivity contribution in [1.82, 2.24) is 34.0 Å². The number of aryl methyl sites for hydroxylation is 2. The van der Waals surface area contributed by atoms with Crippen molar-refractivity contribution in [2.45, 2.75) is 20.4 Å². The maximum absolute atomic E-state index is 12.3. The molecule has 164 valence electrons. The van der Waals surface area contributed by atoms with E-state index in [0.29, 0.717) is 37.8 Å². The number of rotatable bonds is 5. The van der Waals surface area contributed by atoms with E-state index in [1.807, 2.05) is 24.8 Å². The standard InChI is InChI=1S/C20H26N8O3/c1-14-12-15(2)28(22-14)16-4-5-18(29)27(23-16)11-8-25-6-9-26(10-7-25)17-13-19(30)24(3)20(31)21-17/h4-5,12-13H,6-11H2,1-3H3,(H,21,31). The van der Waals surface area contributed by atoms with Crippen LogP contribution in [0.5, 0.6) is 0 Å². The van der Waals surface area contributed by atoms with Crippen LogP contribution in [-0.2, 0) is 13.6 Å². The van der Waals surface area contributed by atoms with Gasteiger partial charge in [-0.05, 0) is 26.0 Å².